The molecule has 105 heavy (non-hydrogen) atoms. The van der Waals surface area contributed by atoms with E-state index in [0.29, 0.717) is 147 Å². The van der Waals surface area contributed by atoms with Crippen molar-refractivity contribution in [3.8, 4) is 0 Å². The van der Waals surface area contributed by atoms with Gasteiger partial charge in [0.1, 0.15) is 12.1 Å². The maximum atomic E-state index is 13.2. The second-order valence-corrected chi connectivity index (χ2v) is 24.0. The quantitative estimate of drug-likeness (QED) is 0.0113. The highest BCUT2D eigenvalue weighted by Crippen LogP contribution is 2.22. The first kappa shape index (κ1) is 83.3. The molecule has 0 unspecified atom stereocenters. The first-order valence-electron chi connectivity index (χ1n) is 34.6. The molecule has 0 bridgehead atoms. The molecule has 2 aromatic carbocycles. The molecule has 0 saturated carbocycles. The summed E-state index contributed by atoms with van der Waals surface area (Å²) in [6, 6.07) is 10.5. The lowest BCUT2D eigenvalue weighted by molar-refractivity contribution is -0.140. The maximum absolute atomic E-state index is 13.2. The van der Waals surface area contributed by atoms with Crippen LogP contribution in [0.5, 0.6) is 0 Å². The van der Waals surface area contributed by atoms with Gasteiger partial charge in [0, 0.05) is 93.5 Å². The third-order valence-electron chi connectivity index (χ3n) is 15.9. The predicted molar refractivity (Wildman–Crippen MR) is 388 cm³/mol. The standard InChI is InChI=1S/C67H97N23O15/c1-88(43-47-41-76-60-56(79-47)58(68)83-66(70)85-60)49-13-9-45(10-14-49)62(94)81-51(64(96)97)17-19-53(91)73-22-5-3-7-26-90(28-32-103-36-34-101-30-24-75-55(93)21-29-100-33-37-104-39-40-105-38-35-102-31-25-78-87-72)27-8-4-6-23-74-54(92)20-18-52(65(98)99)82-63(95)46-11-15-50(16-12-46)89(2)44-48-42-77-61-57(80-48)59(69)84-67(71)86-61/h9-16,41-42,51-52H,3-8,17-40,43-44H2,1-2H3,(H,73,91)(H,74,92)(H,75,93)(H,81,94)(H,82,95)(H,96,97)(H,98,99)(H4,68,70,76,83,85)(H4,69,71,77,84,86)/t51-,52+. The second-order valence-electron chi connectivity index (χ2n) is 24.0. The summed E-state index contributed by atoms with van der Waals surface area (Å²) in [5.74, 6) is -4.44. The molecule has 4 aromatic heterocycles. The van der Waals surface area contributed by atoms with E-state index in [0.717, 1.165) is 50.1 Å². The molecule has 5 amide bonds. The molecule has 38 heteroatoms. The highest BCUT2D eigenvalue weighted by Gasteiger charge is 2.24. The average Bonchev–Trinajstić information content (AvgIpc) is 0.818. The van der Waals surface area contributed by atoms with Crippen LogP contribution in [0.3, 0.4) is 0 Å². The number of aliphatic carboxylic acids is 2. The van der Waals surface area contributed by atoms with Gasteiger partial charge in [-0.25, -0.2) is 29.5 Å². The highest BCUT2D eigenvalue weighted by atomic mass is 16.6. The van der Waals surface area contributed by atoms with Gasteiger partial charge in [-0.05, 0) is 106 Å². The molecule has 4 heterocycles. The minimum absolute atomic E-state index is 0.0103. The number of rotatable bonds is 54. The lowest BCUT2D eigenvalue weighted by atomic mass is 10.1. The number of amides is 5. The number of nitrogens with zero attached hydrogens (tertiary/aromatic N) is 14. The number of carboxylic acid groups (broad SMARTS) is 2. The van der Waals surface area contributed by atoms with E-state index in [2.05, 4.69) is 81.4 Å². The van der Waals surface area contributed by atoms with Crippen molar-refractivity contribution in [2.45, 2.75) is 95.8 Å². The number of hydrogen-bond donors (Lipinski definition) is 11. The van der Waals surface area contributed by atoms with Gasteiger partial charge in [0.25, 0.3) is 11.8 Å². The number of hydrogen-bond acceptors (Lipinski definition) is 29. The Morgan fingerprint density at radius 1 is 0.486 bits per heavy atom. The fourth-order valence-electron chi connectivity index (χ4n) is 10.3. The number of aromatic nitrogens is 8. The number of nitrogens with two attached hydrogens (primary N) is 4. The summed E-state index contributed by atoms with van der Waals surface area (Å²) < 4.78 is 33.2. The number of fused-ring (bicyclic) bond motifs is 2. The SMILES string of the molecule is CN(Cc1cnc2nc(N)nc(N)c2n1)c1ccc(C(=O)N[C@@H](CCC(=O)NCCCCCN(CCCCCNC(=O)CC[C@@H](NC(=O)c2ccc(N(C)Cc3cnc4nc(N)nc(N)c4n3)cc2)C(=O)O)CCOCCOCCNC(=O)CCOCCOCCOCCOCCN=[N+]=[N-])C(=O)O)cc1. The Hall–Kier alpha value is -10.6. The number of ether oxygens (including phenoxy) is 6. The van der Waals surface area contributed by atoms with E-state index in [-0.39, 0.29) is 109 Å². The summed E-state index contributed by atoms with van der Waals surface area (Å²) in [6.45, 7) is 8.30. The van der Waals surface area contributed by atoms with Crippen molar-refractivity contribution in [3.63, 3.8) is 0 Å². The Morgan fingerprint density at radius 3 is 1.32 bits per heavy atom. The van der Waals surface area contributed by atoms with E-state index in [1.165, 1.54) is 0 Å². The van der Waals surface area contributed by atoms with E-state index in [9.17, 15) is 43.8 Å². The van der Waals surface area contributed by atoms with E-state index < -0.39 is 35.8 Å². The van der Waals surface area contributed by atoms with Crippen LogP contribution in [0.15, 0.2) is 66.0 Å². The van der Waals surface area contributed by atoms with Crippen molar-refractivity contribution in [1.82, 2.24) is 71.4 Å². The topological polar surface area (TPSA) is 541 Å². The summed E-state index contributed by atoms with van der Waals surface area (Å²) in [7, 11) is 3.64. The van der Waals surface area contributed by atoms with Crippen molar-refractivity contribution >= 4 is 98.7 Å². The number of carboxylic acids is 2. The van der Waals surface area contributed by atoms with Crippen LogP contribution in [0.1, 0.15) is 103 Å². The van der Waals surface area contributed by atoms with Crippen LogP contribution in [0.4, 0.5) is 34.9 Å². The lowest BCUT2D eigenvalue weighted by Crippen LogP contribution is -2.41. The molecule has 6 rings (SSSR count). The third kappa shape index (κ3) is 31.9. The monoisotopic (exact) mass is 1460 g/mol. The van der Waals surface area contributed by atoms with Crippen LogP contribution in [-0.2, 0) is 65.5 Å². The number of nitrogen functional groups attached to an aromatic ring is 4. The van der Waals surface area contributed by atoms with Crippen LogP contribution in [0.2, 0.25) is 0 Å². The predicted octanol–water partition coefficient (Wildman–Crippen LogP) is 2.17. The minimum Gasteiger partial charge on any atom is -0.480 e. The van der Waals surface area contributed by atoms with E-state index in [1.807, 2.05) is 23.9 Å². The molecule has 38 nitrogen and oxygen atoms in total. The Balaban J connectivity index is 0.854. The van der Waals surface area contributed by atoms with Crippen LogP contribution in [0.25, 0.3) is 32.8 Å². The van der Waals surface area contributed by atoms with Gasteiger partial charge in [-0.3, -0.25) is 24.0 Å². The highest BCUT2D eigenvalue weighted by molar-refractivity contribution is 5.98. The molecule has 2 atom stereocenters. The van der Waals surface area contributed by atoms with Crippen molar-refractivity contribution in [1.29, 1.82) is 0 Å². The van der Waals surface area contributed by atoms with Gasteiger partial charge in [-0.15, -0.1) is 0 Å². The number of anilines is 6. The molecular formula is C67H97N23O15. The molecule has 0 aliphatic rings. The fraction of sp³-hybridized carbons (Fsp3) is 0.537. The van der Waals surface area contributed by atoms with Gasteiger partial charge < -0.3 is 103 Å². The summed E-state index contributed by atoms with van der Waals surface area (Å²) in [6.07, 6.45) is 7.29. The first-order valence-corrected chi connectivity index (χ1v) is 34.6. The Labute approximate surface area is 606 Å². The van der Waals surface area contributed by atoms with E-state index >= 15 is 0 Å². The number of unbranched alkanes of at least 4 members (excludes halogenated alkanes) is 4. The number of nitrogens with one attached hydrogen (secondary N) is 5. The van der Waals surface area contributed by atoms with Gasteiger partial charge in [0.2, 0.25) is 29.6 Å². The van der Waals surface area contributed by atoms with Gasteiger partial charge >= 0.3 is 11.9 Å². The lowest BCUT2D eigenvalue weighted by Gasteiger charge is -2.22. The smallest absolute Gasteiger partial charge is 0.326 e. The molecule has 15 N–H and O–H groups in total. The number of carbonyl (C=O) groups excluding carboxylic acids is 5. The molecule has 0 radical (unpaired) electrons. The van der Waals surface area contributed by atoms with Gasteiger partial charge in [-0.1, -0.05) is 18.0 Å². The first-order chi connectivity index (χ1) is 50.8. The molecule has 0 aliphatic carbocycles. The van der Waals surface area contributed by atoms with Gasteiger partial charge in [0.15, 0.2) is 34.0 Å². The zero-order valence-corrected chi connectivity index (χ0v) is 59.3. The van der Waals surface area contributed by atoms with E-state index in [4.69, 9.17) is 56.9 Å². The normalized spacial score (nSPS) is 11.8. The fourth-order valence-corrected chi connectivity index (χ4v) is 10.3. The van der Waals surface area contributed by atoms with Crippen LogP contribution < -0.4 is 59.3 Å². The molecule has 6 aromatic rings. The van der Waals surface area contributed by atoms with Crippen molar-refractivity contribution in [2.24, 2.45) is 5.11 Å². The number of benzene rings is 2. The molecule has 0 fully saturated rings. The Bertz CT molecular complexity index is 3570. The van der Waals surface area contributed by atoms with Gasteiger partial charge in [-0.2, -0.15) is 19.9 Å². The number of azide groups is 1. The average molecular weight is 1460 g/mol. The Kier molecular flexibility index (Phi) is 37.2. The third-order valence-corrected chi connectivity index (χ3v) is 15.9. The molecule has 0 spiro atoms. The summed E-state index contributed by atoms with van der Waals surface area (Å²) in [4.78, 5) is 131. The Morgan fingerprint density at radius 2 is 0.886 bits per heavy atom. The van der Waals surface area contributed by atoms with E-state index in [1.54, 1.807) is 60.9 Å². The van der Waals surface area contributed by atoms with Gasteiger partial charge in [0.05, 0.1) is 116 Å². The van der Waals surface area contributed by atoms with Crippen LogP contribution in [0, 0.1) is 0 Å². The van der Waals surface area contributed by atoms with Crippen molar-refractivity contribution in [3.05, 3.63) is 93.9 Å². The summed E-state index contributed by atoms with van der Waals surface area (Å²) in [5.41, 5.74) is 35.8. The summed E-state index contributed by atoms with van der Waals surface area (Å²) >= 11 is 0. The largest absolute Gasteiger partial charge is 0.480 e. The second kappa shape index (κ2) is 46.9. The molecule has 570 valence electrons. The molecular weight excluding hydrogens is 1370 g/mol. The minimum atomic E-state index is -1.31. The molecule has 0 aliphatic heterocycles. The van der Waals surface area contributed by atoms with Crippen molar-refractivity contribution < 1.29 is 72.2 Å². The molecule has 0 saturated heterocycles. The number of carbonyl (C=O) groups is 7. The zero-order valence-electron chi connectivity index (χ0n) is 59.3. The van der Waals surface area contributed by atoms with Crippen molar-refractivity contribution in [2.75, 3.05) is 172 Å². The summed E-state index contributed by atoms with van der Waals surface area (Å²) in [5, 5.41) is 36.9. The van der Waals surface area contributed by atoms with Crippen LogP contribution >= 0.6 is 0 Å². The zero-order chi connectivity index (χ0) is 75.6. The van der Waals surface area contributed by atoms with Crippen LogP contribution in [-0.4, -0.2) is 248 Å². The maximum Gasteiger partial charge on any atom is 0.326 e.